The van der Waals surface area contributed by atoms with Crippen LogP contribution in [0, 0.1) is 5.92 Å². The van der Waals surface area contributed by atoms with Gasteiger partial charge in [-0.2, -0.15) is 0 Å². The van der Waals surface area contributed by atoms with E-state index in [0.29, 0.717) is 17.1 Å². The Labute approximate surface area is 129 Å². The molecule has 2 N–H and O–H groups in total. The van der Waals surface area contributed by atoms with Crippen molar-refractivity contribution in [2.75, 3.05) is 13.3 Å². The molecule has 0 unspecified atom stereocenters. The molecule has 0 spiro atoms. The van der Waals surface area contributed by atoms with Crippen molar-refractivity contribution >= 4 is 5.91 Å². The van der Waals surface area contributed by atoms with Crippen LogP contribution in [0.3, 0.4) is 0 Å². The van der Waals surface area contributed by atoms with Crippen LogP contribution in [0.25, 0.3) is 0 Å². The summed E-state index contributed by atoms with van der Waals surface area (Å²) in [7, 11) is 0. The van der Waals surface area contributed by atoms with Gasteiger partial charge in [-0.05, 0) is 43.9 Å². The molecule has 5 heteroatoms. The second kappa shape index (κ2) is 6.01. The molecule has 0 saturated carbocycles. The maximum Gasteiger partial charge on any atom is 0.231 e. The zero-order chi connectivity index (χ0) is 15.6. The summed E-state index contributed by atoms with van der Waals surface area (Å²) in [5, 5.41) is 13.5. The predicted octanol–water partition coefficient (Wildman–Crippen LogP) is 2.10. The molecule has 3 rings (SSSR count). The molecule has 5 nitrogen and oxygen atoms in total. The number of aliphatic hydroxyl groups is 1. The third kappa shape index (κ3) is 3.09. The highest BCUT2D eigenvalue weighted by molar-refractivity contribution is 5.79. The summed E-state index contributed by atoms with van der Waals surface area (Å²) >= 11 is 0. The lowest BCUT2D eigenvalue weighted by atomic mass is 9.92. The number of rotatable bonds is 4. The molecule has 1 aliphatic heterocycles. The SMILES string of the molecule is C[C@@](O)(CNC(=O)[C@H]1CC=CCC1)c1ccc2c(c1)OCO2. The van der Waals surface area contributed by atoms with E-state index in [4.69, 9.17) is 9.47 Å². The Morgan fingerprint density at radius 3 is 2.95 bits per heavy atom. The molecular formula is C17H21NO4. The summed E-state index contributed by atoms with van der Waals surface area (Å²) in [5.41, 5.74) is -0.457. The number of ether oxygens (including phenoxy) is 2. The molecule has 1 amide bonds. The molecule has 0 aromatic heterocycles. The lowest BCUT2D eigenvalue weighted by molar-refractivity contribution is -0.126. The molecule has 0 radical (unpaired) electrons. The summed E-state index contributed by atoms with van der Waals surface area (Å²) in [6.45, 7) is 2.06. The first-order chi connectivity index (χ1) is 10.6. The van der Waals surface area contributed by atoms with Gasteiger partial charge in [0.15, 0.2) is 11.5 Å². The van der Waals surface area contributed by atoms with Crippen molar-refractivity contribution in [1.82, 2.24) is 5.32 Å². The monoisotopic (exact) mass is 303 g/mol. The number of fused-ring (bicyclic) bond motifs is 1. The summed E-state index contributed by atoms with van der Waals surface area (Å²) in [5.74, 6) is 1.32. The fraction of sp³-hybridized carbons (Fsp3) is 0.471. The first kappa shape index (κ1) is 14.9. The first-order valence-corrected chi connectivity index (χ1v) is 7.61. The molecule has 1 aromatic rings. The van der Waals surface area contributed by atoms with E-state index in [1.807, 2.05) is 6.08 Å². The van der Waals surface area contributed by atoms with Crippen LogP contribution in [0.4, 0.5) is 0 Å². The van der Waals surface area contributed by atoms with E-state index in [0.717, 1.165) is 19.3 Å². The van der Waals surface area contributed by atoms with Crippen LogP contribution < -0.4 is 14.8 Å². The molecule has 1 aromatic carbocycles. The van der Waals surface area contributed by atoms with Crippen molar-refractivity contribution in [3.05, 3.63) is 35.9 Å². The van der Waals surface area contributed by atoms with Gasteiger partial charge in [0.25, 0.3) is 0 Å². The number of hydrogen-bond acceptors (Lipinski definition) is 4. The second-order valence-corrected chi connectivity index (χ2v) is 6.04. The van der Waals surface area contributed by atoms with Crippen LogP contribution in [0.15, 0.2) is 30.4 Å². The van der Waals surface area contributed by atoms with Crippen molar-refractivity contribution in [2.45, 2.75) is 31.8 Å². The third-order valence-electron chi connectivity index (χ3n) is 4.24. The van der Waals surface area contributed by atoms with Gasteiger partial charge in [0.1, 0.15) is 5.60 Å². The highest BCUT2D eigenvalue weighted by Crippen LogP contribution is 2.35. The van der Waals surface area contributed by atoms with Gasteiger partial charge >= 0.3 is 0 Å². The molecule has 0 fully saturated rings. The van der Waals surface area contributed by atoms with E-state index >= 15 is 0 Å². The number of allylic oxidation sites excluding steroid dienone is 2. The van der Waals surface area contributed by atoms with Crippen LogP contribution in [0.2, 0.25) is 0 Å². The van der Waals surface area contributed by atoms with Gasteiger partial charge in [-0.25, -0.2) is 0 Å². The fourth-order valence-electron chi connectivity index (χ4n) is 2.77. The molecular weight excluding hydrogens is 282 g/mol. The van der Waals surface area contributed by atoms with Crippen molar-refractivity contribution in [3.8, 4) is 11.5 Å². The van der Waals surface area contributed by atoms with E-state index in [2.05, 4.69) is 11.4 Å². The summed E-state index contributed by atoms with van der Waals surface area (Å²) in [6.07, 6.45) is 6.74. The molecule has 1 aliphatic carbocycles. The fourth-order valence-corrected chi connectivity index (χ4v) is 2.77. The summed E-state index contributed by atoms with van der Waals surface area (Å²) in [6, 6.07) is 5.33. The normalized spacial score (nSPS) is 22.2. The summed E-state index contributed by atoms with van der Waals surface area (Å²) < 4.78 is 10.6. The number of amides is 1. The Kier molecular flexibility index (Phi) is 4.07. The Morgan fingerprint density at radius 1 is 1.36 bits per heavy atom. The topological polar surface area (TPSA) is 67.8 Å². The smallest absolute Gasteiger partial charge is 0.231 e. The number of nitrogens with one attached hydrogen (secondary N) is 1. The maximum absolute atomic E-state index is 12.2. The van der Waals surface area contributed by atoms with Gasteiger partial charge in [-0.3, -0.25) is 4.79 Å². The number of benzene rings is 1. The summed E-state index contributed by atoms with van der Waals surface area (Å²) in [4.78, 5) is 12.2. The minimum atomic E-state index is -1.15. The van der Waals surface area contributed by atoms with Crippen LogP contribution >= 0.6 is 0 Å². The molecule has 118 valence electrons. The van der Waals surface area contributed by atoms with Gasteiger partial charge in [0.2, 0.25) is 12.7 Å². The number of carbonyl (C=O) groups excluding carboxylic acids is 1. The average molecular weight is 303 g/mol. The third-order valence-corrected chi connectivity index (χ3v) is 4.24. The lowest BCUT2D eigenvalue weighted by Gasteiger charge is -2.26. The molecule has 2 atom stereocenters. The van der Waals surface area contributed by atoms with Gasteiger partial charge in [-0.1, -0.05) is 18.2 Å². The van der Waals surface area contributed by atoms with Crippen molar-refractivity contribution in [2.24, 2.45) is 5.92 Å². The number of hydrogen-bond donors (Lipinski definition) is 2. The predicted molar refractivity (Wildman–Crippen MR) is 81.6 cm³/mol. The molecule has 2 aliphatic rings. The Bertz CT molecular complexity index is 594. The Balaban J connectivity index is 1.63. The molecule has 0 bridgehead atoms. The van der Waals surface area contributed by atoms with Gasteiger partial charge in [0, 0.05) is 5.92 Å². The van der Waals surface area contributed by atoms with Crippen LogP contribution in [-0.4, -0.2) is 24.4 Å². The largest absolute Gasteiger partial charge is 0.454 e. The van der Waals surface area contributed by atoms with Crippen molar-refractivity contribution < 1.29 is 19.4 Å². The minimum Gasteiger partial charge on any atom is -0.454 e. The van der Waals surface area contributed by atoms with E-state index in [1.54, 1.807) is 25.1 Å². The van der Waals surface area contributed by atoms with Crippen molar-refractivity contribution in [3.63, 3.8) is 0 Å². The van der Waals surface area contributed by atoms with E-state index in [9.17, 15) is 9.90 Å². The van der Waals surface area contributed by atoms with Crippen LogP contribution in [0.1, 0.15) is 31.7 Å². The minimum absolute atomic E-state index is 0.00497. The highest BCUT2D eigenvalue weighted by atomic mass is 16.7. The van der Waals surface area contributed by atoms with Crippen molar-refractivity contribution in [1.29, 1.82) is 0 Å². The van der Waals surface area contributed by atoms with Crippen LogP contribution in [0.5, 0.6) is 11.5 Å². The molecule has 1 heterocycles. The van der Waals surface area contributed by atoms with E-state index in [1.165, 1.54) is 0 Å². The molecule has 22 heavy (non-hydrogen) atoms. The average Bonchev–Trinajstić information content (AvgIpc) is 3.01. The van der Waals surface area contributed by atoms with E-state index < -0.39 is 5.60 Å². The zero-order valence-electron chi connectivity index (χ0n) is 12.7. The number of carbonyl (C=O) groups is 1. The lowest BCUT2D eigenvalue weighted by Crippen LogP contribution is -2.41. The maximum atomic E-state index is 12.2. The molecule has 0 saturated heterocycles. The highest BCUT2D eigenvalue weighted by Gasteiger charge is 2.28. The Morgan fingerprint density at radius 2 is 2.18 bits per heavy atom. The first-order valence-electron chi connectivity index (χ1n) is 7.61. The van der Waals surface area contributed by atoms with Gasteiger partial charge in [0.05, 0.1) is 6.54 Å². The van der Waals surface area contributed by atoms with Crippen LogP contribution in [-0.2, 0) is 10.4 Å². The zero-order valence-corrected chi connectivity index (χ0v) is 12.7. The van der Waals surface area contributed by atoms with Gasteiger partial charge in [-0.15, -0.1) is 0 Å². The second-order valence-electron chi connectivity index (χ2n) is 6.04. The quantitative estimate of drug-likeness (QED) is 0.836. The van der Waals surface area contributed by atoms with Gasteiger partial charge < -0.3 is 19.9 Å². The van der Waals surface area contributed by atoms with E-state index in [-0.39, 0.29) is 25.2 Å². The Hall–Kier alpha value is -2.01. The standard InChI is InChI=1S/C17H21NO4/c1-17(20,10-18-16(19)12-5-3-2-4-6-12)13-7-8-14-15(9-13)22-11-21-14/h2-3,7-9,12,20H,4-6,10-11H2,1H3,(H,18,19)/t12-,17+/m0/s1.